The van der Waals surface area contributed by atoms with Gasteiger partial charge in [-0.1, -0.05) is 0 Å². The normalized spacial score (nSPS) is 10.9. The van der Waals surface area contributed by atoms with Crippen molar-refractivity contribution in [3.63, 3.8) is 0 Å². The molecule has 2 heterocycles. The van der Waals surface area contributed by atoms with Gasteiger partial charge < -0.3 is 15.8 Å². The largest absolute Gasteiger partial charge is 0.383 e. The molecule has 7 heteroatoms. The minimum absolute atomic E-state index is 0.293. The Morgan fingerprint density at radius 3 is 3.12 bits per heavy atom. The van der Waals surface area contributed by atoms with Crippen LogP contribution in [0.3, 0.4) is 0 Å². The maximum Gasteiger partial charge on any atom is 0.222 e. The predicted molar refractivity (Wildman–Crippen MR) is 74.9 cm³/mol. The smallest absolute Gasteiger partial charge is 0.222 e. The van der Waals surface area contributed by atoms with Gasteiger partial charge in [-0.3, -0.25) is 0 Å². The number of halogens is 1. The second-order valence-electron chi connectivity index (χ2n) is 3.11. The van der Waals surface area contributed by atoms with Gasteiger partial charge in [-0.25, -0.2) is 4.98 Å². The molecule has 0 radical (unpaired) electrons. The van der Waals surface area contributed by atoms with Gasteiger partial charge in [0.05, 0.1) is 19.7 Å². The lowest BCUT2D eigenvalue weighted by atomic mass is 10.4. The standard InChI is InChI=1S/C9H11IN4OS/c1-15-3-2-12-8-7-5(4-6(10)16-7)13-9(11)14-8/h4H,2-3H2,1H3,(H3,11,12,13,14). The van der Waals surface area contributed by atoms with Crippen LogP contribution in [-0.2, 0) is 4.74 Å². The van der Waals surface area contributed by atoms with Crippen molar-refractivity contribution < 1.29 is 4.74 Å². The lowest BCUT2D eigenvalue weighted by molar-refractivity contribution is 0.210. The Labute approximate surface area is 111 Å². The van der Waals surface area contributed by atoms with E-state index in [1.54, 1.807) is 18.4 Å². The topological polar surface area (TPSA) is 73.1 Å². The maximum atomic E-state index is 5.65. The Morgan fingerprint density at radius 2 is 2.38 bits per heavy atom. The molecule has 0 bridgehead atoms. The summed E-state index contributed by atoms with van der Waals surface area (Å²) in [6.07, 6.45) is 0. The first-order chi connectivity index (χ1) is 7.70. The molecule has 0 saturated heterocycles. The fraction of sp³-hybridized carbons (Fsp3) is 0.333. The summed E-state index contributed by atoms with van der Waals surface area (Å²) >= 11 is 3.91. The summed E-state index contributed by atoms with van der Waals surface area (Å²) in [5, 5.41) is 3.19. The van der Waals surface area contributed by atoms with Crippen LogP contribution in [-0.4, -0.2) is 30.2 Å². The van der Waals surface area contributed by atoms with Gasteiger partial charge in [0.25, 0.3) is 0 Å². The van der Waals surface area contributed by atoms with Crippen LogP contribution in [0, 0.1) is 2.88 Å². The third-order valence-corrected chi connectivity index (χ3v) is 3.85. The third-order valence-electron chi connectivity index (χ3n) is 1.96. The van der Waals surface area contributed by atoms with Gasteiger partial charge >= 0.3 is 0 Å². The molecule has 16 heavy (non-hydrogen) atoms. The third kappa shape index (κ3) is 2.53. The fourth-order valence-corrected chi connectivity index (χ4v) is 3.05. The first kappa shape index (κ1) is 11.8. The number of nitrogens with one attached hydrogen (secondary N) is 1. The van der Waals surface area contributed by atoms with Crippen LogP contribution in [0.1, 0.15) is 0 Å². The van der Waals surface area contributed by atoms with Crippen LogP contribution < -0.4 is 11.1 Å². The van der Waals surface area contributed by atoms with Crippen molar-refractivity contribution in [2.24, 2.45) is 0 Å². The lowest BCUT2D eigenvalue weighted by Crippen LogP contribution is -2.10. The van der Waals surface area contributed by atoms with Crippen LogP contribution >= 0.6 is 33.9 Å². The number of nitrogens with two attached hydrogens (primary N) is 1. The highest BCUT2D eigenvalue weighted by Crippen LogP contribution is 2.30. The molecule has 0 atom stereocenters. The predicted octanol–water partition coefficient (Wildman–Crippen LogP) is 1.94. The van der Waals surface area contributed by atoms with Gasteiger partial charge in [-0.15, -0.1) is 11.3 Å². The number of nitrogens with zero attached hydrogens (tertiary/aromatic N) is 2. The van der Waals surface area contributed by atoms with Crippen molar-refractivity contribution in [1.82, 2.24) is 9.97 Å². The average Bonchev–Trinajstić information content (AvgIpc) is 2.58. The zero-order chi connectivity index (χ0) is 11.5. The molecule has 0 aromatic carbocycles. The molecule has 86 valence electrons. The summed E-state index contributed by atoms with van der Waals surface area (Å²) in [7, 11) is 1.67. The second-order valence-corrected chi connectivity index (χ2v) is 6.06. The van der Waals surface area contributed by atoms with Crippen LogP contribution in [0.2, 0.25) is 0 Å². The molecule has 0 fully saturated rings. The number of anilines is 2. The number of methoxy groups -OCH3 is 1. The minimum atomic E-state index is 0.293. The van der Waals surface area contributed by atoms with E-state index in [-0.39, 0.29) is 0 Å². The molecule has 0 aliphatic heterocycles. The molecule has 2 rings (SSSR count). The summed E-state index contributed by atoms with van der Waals surface area (Å²) in [4.78, 5) is 8.38. The van der Waals surface area contributed by atoms with Gasteiger partial charge in [0.1, 0.15) is 5.82 Å². The van der Waals surface area contributed by atoms with E-state index in [0.29, 0.717) is 19.1 Å². The van der Waals surface area contributed by atoms with Gasteiger partial charge in [0.15, 0.2) is 0 Å². The van der Waals surface area contributed by atoms with E-state index in [2.05, 4.69) is 37.9 Å². The lowest BCUT2D eigenvalue weighted by Gasteiger charge is -2.05. The van der Waals surface area contributed by atoms with Crippen LogP contribution in [0.25, 0.3) is 10.2 Å². The summed E-state index contributed by atoms with van der Waals surface area (Å²) in [6.45, 7) is 1.34. The summed E-state index contributed by atoms with van der Waals surface area (Å²) in [5.41, 5.74) is 6.54. The maximum absolute atomic E-state index is 5.65. The van der Waals surface area contributed by atoms with Gasteiger partial charge in [0.2, 0.25) is 5.95 Å². The highest BCUT2D eigenvalue weighted by molar-refractivity contribution is 14.1. The summed E-state index contributed by atoms with van der Waals surface area (Å²) in [5.74, 6) is 1.08. The Kier molecular flexibility index (Phi) is 3.77. The van der Waals surface area contributed by atoms with Crippen molar-refractivity contribution in [2.75, 3.05) is 31.3 Å². The van der Waals surface area contributed by atoms with Crippen LogP contribution in [0.4, 0.5) is 11.8 Å². The zero-order valence-electron chi connectivity index (χ0n) is 8.66. The Morgan fingerprint density at radius 1 is 1.56 bits per heavy atom. The van der Waals surface area contributed by atoms with Gasteiger partial charge in [0, 0.05) is 13.7 Å². The van der Waals surface area contributed by atoms with Crippen molar-refractivity contribution in [2.45, 2.75) is 0 Å². The van der Waals surface area contributed by atoms with E-state index in [4.69, 9.17) is 10.5 Å². The van der Waals surface area contributed by atoms with Crippen molar-refractivity contribution in [1.29, 1.82) is 0 Å². The van der Waals surface area contributed by atoms with Crippen molar-refractivity contribution in [3.05, 3.63) is 8.95 Å². The molecule has 0 aliphatic carbocycles. The van der Waals surface area contributed by atoms with Crippen molar-refractivity contribution >= 4 is 55.9 Å². The monoisotopic (exact) mass is 350 g/mol. The molecule has 2 aromatic heterocycles. The molecule has 0 saturated carbocycles. The Hall–Kier alpha value is -0.670. The molecule has 0 aliphatic rings. The summed E-state index contributed by atoms with van der Waals surface area (Å²) in [6, 6.07) is 2.00. The van der Waals surface area contributed by atoms with Gasteiger partial charge in [-0.2, -0.15) is 4.98 Å². The van der Waals surface area contributed by atoms with Gasteiger partial charge in [-0.05, 0) is 28.7 Å². The number of ether oxygens (including phenoxy) is 1. The number of thiophene rings is 1. The number of nitrogen functional groups attached to an aromatic ring is 1. The zero-order valence-corrected chi connectivity index (χ0v) is 11.6. The molecule has 0 spiro atoms. The molecule has 2 aromatic rings. The molecular weight excluding hydrogens is 339 g/mol. The number of fused-ring (bicyclic) bond motifs is 1. The van der Waals surface area contributed by atoms with Crippen LogP contribution in [0.15, 0.2) is 6.07 Å². The first-order valence-corrected chi connectivity index (χ1v) is 6.55. The van der Waals surface area contributed by atoms with Crippen molar-refractivity contribution in [3.8, 4) is 0 Å². The molecule has 0 amide bonds. The van der Waals surface area contributed by atoms with E-state index in [1.807, 2.05) is 6.07 Å². The highest BCUT2D eigenvalue weighted by atomic mass is 127. The second kappa shape index (κ2) is 5.11. The molecule has 3 N–H and O–H groups in total. The number of hydrogen-bond donors (Lipinski definition) is 2. The summed E-state index contributed by atoms with van der Waals surface area (Å²) < 4.78 is 7.18. The highest BCUT2D eigenvalue weighted by Gasteiger charge is 2.09. The quantitative estimate of drug-likeness (QED) is 0.651. The van der Waals surface area contributed by atoms with E-state index < -0.39 is 0 Å². The SMILES string of the molecule is COCCNc1nc(N)nc2cc(I)sc12. The number of rotatable bonds is 4. The number of aromatic nitrogens is 2. The minimum Gasteiger partial charge on any atom is -0.383 e. The Bertz CT molecular complexity index is 501. The van der Waals surface area contributed by atoms with E-state index >= 15 is 0 Å². The molecular formula is C9H11IN4OS. The molecule has 5 nitrogen and oxygen atoms in total. The molecule has 0 unspecified atom stereocenters. The Balaban J connectivity index is 2.34. The van der Waals surface area contributed by atoms with E-state index in [0.717, 1.165) is 16.0 Å². The van der Waals surface area contributed by atoms with E-state index in [1.165, 1.54) is 2.88 Å². The van der Waals surface area contributed by atoms with E-state index in [9.17, 15) is 0 Å². The average molecular weight is 350 g/mol. The fourth-order valence-electron chi connectivity index (χ4n) is 1.31. The van der Waals surface area contributed by atoms with Crippen LogP contribution in [0.5, 0.6) is 0 Å². The number of hydrogen-bond acceptors (Lipinski definition) is 6. The first-order valence-electron chi connectivity index (χ1n) is 4.66.